The minimum Gasteiger partial charge on any atom is -0.490 e. The van der Waals surface area contributed by atoms with E-state index in [4.69, 9.17) is 27.9 Å². The summed E-state index contributed by atoms with van der Waals surface area (Å²) in [5.74, 6) is 1.67. The van der Waals surface area contributed by atoms with Crippen molar-refractivity contribution in [3.05, 3.63) is 76.3 Å². The van der Waals surface area contributed by atoms with Crippen LogP contribution >= 0.6 is 35.0 Å². The highest BCUT2D eigenvalue weighted by atomic mass is 35.5. The summed E-state index contributed by atoms with van der Waals surface area (Å²) in [6.45, 7) is 0.417. The predicted molar refractivity (Wildman–Crippen MR) is 110 cm³/mol. The summed E-state index contributed by atoms with van der Waals surface area (Å²) in [7, 11) is 0. The Balaban J connectivity index is 1.68. The van der Waals surface area contributed by atoms with Gasteiger partial charge in [0.05, 0.1) is 12.0 Å². The predicted octanol–water partition coefficient (Wildman–Crippen LogP) is 4.85. The number of rotatable bonds is 9. The van der Waals surface area contributed by atoms with Gasteiger partial charge in [0.2, 0.25) is 5.91 Å². The molecule has 1 N–H and O–H groups in total. The molecule has 2 aromatic carbocycles. The number of nitrogens with one attached hydrogen (secondary N) is 1. The number of hydrogen-bond donors (Lipinski definition) is 1. The molecule has 2 rings (SSSR count). The third-order valence-electron chi connectivity index (χ3n) is 3.13. The Morgan fingerprint density at radius 1 is 1.15 bits per heavy atom. The fourth-order valence-electron chi connectivity index (χ4n) is 1.88. The van der Waals surface area contributed by atoms with E-state index in [0.717, 1.165) is 22.6 Å². The molecule has 0 heterocycles. The van der Waals surface area contributed by atoms with Crippen LogP contribution in [0.2, 0.25) is 5.02 Å². The van der Waals surface area contributed by atoms with Gasteiger partial charge in [-0.2, -0.15) is 5.10 Å². The van der Waals surface area contributed by atoms with Crippen molar-refractivity contribution in [3.8, 4) is 5.75 Å². The Labute approximate surface area is 167 Å². The van der Waals surface area contributed by atoms with Crippen molar-refractivity contribution in [2.45, 2.75) is 5.75 Å². The Morgan fingerprint density at radius 3 is 2.58 bits per heavy atom. The van der Waals surface area contributed by atoms with Crippen LogP contribution in [0, 0.1) is 0 Å². The largest absolute Gasteiger partial charge is 0.490 e. The Hall–Kier alpha value is -1.95. The van der Waals surface area contributed by atoms with Gasteiger partial charge in [0.15, 0.2) is 0 Å². The van der Waals surface area contributed by atoms with Crippen LogP contribution in [0.4, 0.5) is 0 Å². The van der Waals surface area contributed by atoms with Crippen molar-refractivity contribution in [1.29, 1.82) is 0 Å². The number of ether oxygens (including phenoxy) is 1. The van der Waals surface area contributed by atoms with Crippen LogP contribution in [0.1, 0.15) is 11.1 Å². The van der Waals surface area contributed by atoms with Crippen LogP contribution in [0.3, 0.4) is 0 Å². The summed E-state index contributed by atoms with van der Waals surface area (Å²) >= 11 is 12.8. The van der Waals surface area contributed by atoms with Gasteiger partial charge in [-0.15, -0.1) is 11.8 Å². The Morgan fingerprint density at radius 2 is 1.88 bits per heavy atom. The van der Waals surface area contributed by atoms with Gasteiger partial charge in [0.25, 0.3) is 0 Å². The molecule has 0 radical (unpaired) electrons. The standard InChI is InChI=1S/C19H18Cl2N2O2S/c20-10-1-11-25-18-8-4-15(5-9-18)12-22-23-19(24)14-26-13-16-2-6-17(21)7-3-16/h1-10,12H,11,13-14H2,(H,23,24)/b10-1+,22-12-. The molecule has 0 saturated heterocycles. The minimum absolute atomic E-state index is 0.145. The molecular formula is C19H18Cl2N2O2S. The second-order valence-corrected chi connectivity index (χ2v) is 6.83. The van der Waals surface area contributed by atoms with Crippen LogP contribution in [-0.4, -0.2) is 24.5 Å². The minimum atomic E-state index is -0.145. The molecule has 7 heteroatoms. The first kappa shape index (κ1) is 20.4. The molecule has 26 heavy (non-hydrogen) atoms. The maximum atomic E-state index is 11.8. The van der Waals surface area contributed by atoms with E-state index >= 15 is 0 Å². The van der Waals surface area contributed by atoms with E-state index in [0.29, 0.717) is 17.4 Å². The number of hydrazone groups is 1. The lowest BCUT2D eigenvalue weighted by Crippen LogP contribution is -2.19. The van der Waals surface area contributed by atoms with Crippen molar-refractivity contribution < 1.29 is 9.53 Å². The van der Waals surface area contributed by atoms with E-state index in [9.17, 15) is 4.79 Å². The van der Waals surface area contributed by atoms with Gasteiger partial charge in [-0.25, -0.2) is 5.43 Å². The molecule has 0 atom stereocenters. The van der Waals surface area contributed by atoms with E-state index in [1.54, 1.807) is 12.3 Å². The van der Waals surface area contributed by atoms with E-state index in [1.807, 2.05) is 48.5 Å². The molecule has 0 unspecified atom stereocenters. The topological polar surface area (TPSA) is 50.7 Å². The quantitative estimate of drug-likeness (QED) is 0.476. The lowest BCUT2D eigenvalue weighted by Gasteiger charge is -2.03. The molecule has 0 aliphatic carbocycles. The molecule has 0 aliphatic rings. The fraction of sp³-hybridized carbons (Fsp3) is 0.158. The van der Waals surface area contributed by atoms with E-state index in [1.165, 1.54) is 17.3 Å². The number of carbonyl (C=O) groups is 1. The summed E-state index contributed by atoms with van der Waals surface area (Å²) in [6.07, 6.45) is 3.29. The molecule has 0 aliphatic heterocycles. The normalized spacial score (nSPS) is 11.2. The third-order valence-corrected chi connectivity index (χ3v) is 4.57. The van der Waals surface area contributed by atoms with Crippen LogP contribution in [0.15, 0.2) is 65.2 Å². The molecule has 1 amide bonds. The maximum Gasteiger partial charge on any atom is 0.250 e. The number of carbonyl (C=O) groups excluding carboxylic acids is 1. The highest BCUT2D eigenvalue weighted by Gasteiger charge is 2.01. The molecule has 0 saturated carbocycles. The first-order valence-electron chi connectivity index (χ1n) is 7.79. The number of thioether (sulfide) groups is 1. The third kappa shape index (κ3) is 7.95. The van der Waals surface area contributed by atoms with Crippen molar-refractivity contribution in [2.24, 2.45) is 5.10 Å². The maximum absolute atomic E-state index is 11.8. The van der Waals surface area contributed by atoms with Gasteiger partial charge in [0.1, 0.15) is 12.4 Å². The number of halogens is 2. The molecule has 0 spiro atoms. The average Bonchev–Trinajstić information content (AvgIpc) is 2.65. The number of nitrogens with zero attached hydrogens (tertiary/aromatic N) is 1. The van der Waals surface area contributed by atoms with E-state index in [-0.39, 0.29) is 5.91 Å². The van der Waals surface area contributed by atoms with Gasteiger partial charge in [-0.05, 0) is 53.6 Å². The highest BCUT2D eigenvalue weighted by molar-refractivity contribution is 7.99. The van der Waals surface area contributed by atoms with Crippen LogP contribution in [-0.2, 0) is 10.5 Å². The van der Waals surface area contributed by atoms with E-state index < -0.39 is 0 Å². The Kier molecular flexibility index (Phi) is 9.10. The van der Waals surface area contributed by atoms with Crippen molar-refractivity contribution in [2.75, 3.05) is 12.4 Å². The van der Waals surface area contributed by atoms with Crippen LogP contribution in [0.5, 0.6) is 5.75 Å². The lowest BCUT2D eigenvalue weighted by molar-refractivity contribution is -0.118. The summed E-state index contributed by atoms with van der Waals surface area (Å²) in [5, 5.41) is 4.67. The van der Waals surface area contributed by atoms with Gasteiger partial charge >= 0.3 is 0 Å². The number of benzene rings is 2. The molecule has 0 bridgehead atoms. The molecular weight excluding hydrogens is 391 g/mol. The van der Waals surface area contributed by atoms with Gasteiger partial charge < -0.3 is 4.74 Å². The fourth-order valence-corrected chi connectivity index (χ4v) is 2.86. The van der Waals surface area contributed by atoms with Gasteiger partial charge in [-0.1, -0.05) is 35.3 Å². The summed E-state index contributed by atoms with van der Waals surface area (Å²) in [5.41, 5.74) is 5.92. The molecule has 0 fully saturated rings. The van der Waals surface area contributed by atoms with Gasteiger partial charge in [0, 0.05) is 16.3 Å². The summed E-state index contributed by atoms with van der Waals surface area (Å²) in [6, 6.07) is 14.9. The van der Waals surface area contributed by atoms with Crippen molar-refractivity contribution in [1.82, 2.24) is 5.43 Å². The van der Waals surface area contributed by atoms with Gasteiger partial charge in [-0.3, -0.25) is 4.79 Å². The van der Waals surface area contributed by atoms with Crippen molar-refractivity contribution >= 4 is 47.1 Å². The summed E-state index contributed by atoms with van der Waals surface area (Å²) < 4.78 is 5.44. The SMILES string of the molecule is O=C(CSCc1ccc(Cl)cc1)N/N=C\c1ccc(OC/C=C/Cl)cc1. The first-order chi connectivity index (χ1) is 12.7. The number of amides is 1. The van der Waals surface area contributed by atoms with E-state index in [2.05, 4.69) is 10.5 Å². The molecule has 2 aromatic rings. The zero-order valence-corrected chi connectivity index (χ0v) is 16.2. The molecule has 0 aromatic heterocycles. The van der Waals surface area contributed by atoms with Crippen molar-refractivity contribution in [3.63, 3.8) is 0 Å². The lowest BCUT2D eigenvalue weighted by atomic mass is 10.2. The first-order valence-corrected chi connectivity index (χ1v) is 9.76. The second kappa shape index (κ2) is 11.6. The van der Waals surface area contributed by atoms with Crippen LogP contribution < -0.4 is 10.2 Å². The zero-order chi connectivity index (χ0) is 18.6. The zero-order valence-electron chi connectivity index (χ0n) is 13.9. The Bertz CT molecular complexity index is 747. The summed E-state index contributed by atoms with van der Waals surface area (Å²) in [4.78, 5) is 11.8. The van der Waals surface area contributed by atoms with Crippen LogP contribution in [0.25, 0.3) is 0 Å². The smallest absolute Gasteiger partial charge is 0.250 e. The number of hydrogen-bond acceptors (Lipinski definition) is 4. The molecule has 136 valence electrons. The second-order valence-electron chi connectivity index (χ2n) is 5.15. The molecule has 4 nitrogen and oxygen atoms in total. The highest BCUT2D eigenvalue weighted by Crippen LogP contribution is 2.15. The monoisotopic (exact) mass is 408 g/mol. The average molecular weight is 409 g/mol.